The third kappa shape index (κ3) is 4.13. The Morgan fingerprint density at radius 1 is 1.17 bits per heavy atom. The van der Waals surface area contributed by atoms with E-state index in [0.717, 1.165) is 42.7 Å². The van der Waals surface area contributed by atoms with Crippen molar-refractivity contribution in [3.8, 4) is 0 Å². The number of nitrogens with zero attached hydrogens (tertiary/aromatic N) is 1. The number of ether oxygens (including phenoxy) is 1. The Morgan fingerprint density at radius 3 is 2.58 bits per heavy atom. The van der Waals surface area contributed by atoms with E-state index >= 15 is 0 Å². The summed E-state index contributed by atoms with van der Waals surface area (Å²) in [7, 11) is 0. The molecule has 188 valence electrons. The monoisotopic (exact) mass is 488 g/mol. The van der Waals surface area contributed by atoms with E-state index in [9.17, 15) is 14.4 Å². The molecule has 2 aliphatic heterocycles. The van der Waals surface area contributed by atoms with E-state index in [1.165, 1.54) is 0 Å². The van der Waals surface area contributed by atoms with Crippen LogP contribution < -0.4 is 16.0 Å². The molecule has 36 heavy (non-hydrogen) atoms. The van der Waals surface area contributed by atoms with Gasteiger partial charge in [0, 0.05) is 49.8 Å². The summed E-state index contributed by atoms with van der Waals surface area (Å²) in [4.78, 5) is 40.8. The first-order valence-corrected chi connectivity index (χ1v) is 12.9. The molecule has 2 aliphatic carbocycles. The first-order chi connectivity index (χ1) is 17.4. The van der Waals surface area contributed by atoms with Gasteiger partial charge in [-0.05, 0) is 54.9 Å². The summed E-state index contributed by atoms with van der Waals surface area (Å²) < 4.78 is 5.61. The van der Waals surface area contributed by atoms with Crippen LogP contribution >= 0.6 is 0 Å². The van der Waals surface area contributed by atoms with Crippen molar-refractivity contribution in [3.05, 3.63) is 65.2 Å². The van der Waals surface area contributed by atoms with Gasteiger partial charge >= 0.3 is 6.09 Å². The molecule has 1 spiro atoms. The number of rotatable bonds is 8. The zero-order chi connectivity index (χ0) is 24.9. The Balaban J connectivity index is 1.29. The Morgan fingerprint density at radius 2 is 1.94 bits per heavy atom. The summed E-state index contributed by atoms with van der Waals surface area (Å²) in [6.45, 7) is 4.50. The normalized spacial score (nSPS) is 25.6. The van der Waals surface area contributed by atoms with E-state index in [4.69, 9.17) is 4.74 Å². The highest BCUT2D eigenvalue weighted by atomic mass is 16.6. The zero-order valence-corrected chi connectivity index (χ0v) is 20.5. The molecule has 3 fully saturated rings. The molecule has 8 heteroatoms. The molecule has 0 radical (unpaired) electrons. The Hall–Kier alpha value is -3.39. The highest BCUT2D eigenvalue weighted by Gasteiger charge is 2.57. The van der Waals surface area contributed by atoms with Gasteiger partial charge in [-0.3, -0.25) is 14.9 Å². The summed E-state index contributed by atoms with van der Waals surface area (Å²) in [6, 6.07) is 16.4. The van der Waals surface area contributed by atoms with Crippen molar-refractivity contribution in [2.75, 3.05) is 18.4 Å². The molecule has 2 heterocycles. The highest BCUT2D eigenvalue weighted by molar-refractivity contribution is 6.04. The lowest BCUT2D eigenvalue weighted by Crippen LogP contribution is -2.51. The van der Waals surface area contributed by atoms with Gasteiger partial charge < -0.3 is 20.3 Å². The molecule has 6 rings (SSSR count). The topological polar surface area (TPSA) is 99.8 Å². The van der Waals surface area contributed by atoms with Gasteiger partial charge in [0.25, 0.3) is 5.91 Å². The van der Waals surface area contributed by atoms with E-state index in [2.05, 4.69) is 35.0 Å². The summed E-state index contributed by atoms with van der Waals surface area (Å²) in [5.74, 6) is -0.0685. The van der Waals surface area contributed by atoms with Crippen LogP contribution in [-0.2, 0) is 26.5 Å². The molecule has 2 aromatic carbocycles. The number of hydrogen-bond donors (Lipinski definition) is 3. The minimum absolute atomic E-state index is 0.0672. The standard InChI is InChI=1S/C28H32N4O4/c1-17(19-7-8-19)32(16-18-5-3-2-4-6-18)25(33)11-20-13-28(26(34)31-27(35)36-28)24-10-9-21(12-23(20)24)30-22-14-29-15-22/h2-6,9-10,12,17,19-20,22,29-30H,7-8,11,13-16H2,1H3,(H,31,34,35)/t17-,20?,28?/m0/s1. The molecule has 4 aliphatic rings. The van der Waals surface area contributed by atoms with Crippen LogP contribution in [0.1, 0.15) is 55.2 Å². The van der Waals surface area contributed by atoms with Gasteiger partial charge in [0.2, 0.25) is 11.5 Å². The predicted molar refractivity (Wildman–Crippen MR) is 134 cm³/mol. The lowest BCUT2D eigenvalue weighted by atomic mass is 9.93. The average Bonchev–Trinajstić information content (AvgIpc) is 3.60. The largest absolute Gasteiger partial charge is 0.427 e. The van der Waals surface area contributed by atoms with E-state index in [0.29, 0.717) is 24.1 Å². The highest BCUT2D eigenvalue weighted by Crippen LogP contribution is 2.51. The van der Waals surface area contributed by atoms with Crippen molar-refractivity contribution >= 4 is 23.6 Å². The van der Waals surface area contributed by atoms with Gasteiger partial charge in [-0.1, -0.05) is 36.4 Å². The molecule has 3 atom stereocenters. The molecule has 2 unspecified atom stereocenters. The maximum Gasteiger partial charge on any atom is 0.415 e. The second kappa shape index (κ2) is 8.92. The number of carbonyl (C=O) groups excluding carboxylic acids is 3. The van der Waals surface area contributed by atoms with E-state index in [1.54, 1.807) is 0 Å². The van der Waals surface area contributed by atoms with Crippen LogP contribution in [0.3, 0.4) is 0 Å². The first-order valence-electron chi connectivity index (χ1n) is 12.9. The summed E-state index contributed by atoms with van der Waals surface area (Å²) in [5.41, 5.74) is 2.29. The smallest absolute Gasteiger partial charge is 0.415 e. The van der Waals surface area contributed by atoms with Crippen LogP contribution in [0.4, 0.5) is 10.5 Å². The van der Waals surface area contributed by atoms with Gasteiger partial charge in [0.1, 0.15) is 0 Å². The Bertz CT molecular complexity index is 1190. The van der Waals surface area contributed by atoms with Crippen LogP contribution in [0.15, 0.2) is 48.5 Å². The zero-order valence-electron chi connectivity index (χ0n) is 20.5. The number of fused-ring (bicyclic) bond motifs is 2. The number of alkyl carbamates (subject to hydrolysis) is 1. The lowest BCUT2D eigenvalue weighted by Gasteiger charge is -2.31. The van der Waals surface area contributed by atoms with Crippen molar-refractivity contribution < 1.29 is 19.1 Å². The lowest BCUT2D eigenvalue weighted by molar-refractivity contribution is -0.136. The van der Waals surface area contributed by atoms with Crippen LogP contribution in [0.2, 0.25) is 0 Å². The van der Waals surface area contributed by atoms with Gasteiger partial charge in [-0.2, -0.15) is 0 Å². The number of hydrogen-bond acceptors (Lipinski definition) is 6. The number of amides is 3. The molecular formula is C28H32N4O4. The Kier molecular flexibility index (Phi) is 5.71. The SMILES string of the molecule is C[C@@H](C1CC1)N(Cc1ccccc1)C(=O)CC1CC2(OC(=O)NC2=O)c2ccc(NC3CNC3)cc21. The molecule has 2 aromatic rings. The fourth-order valence-electron chi connectivity index (χ4n) is 5.87. The van der Waals surface area contributed by atoms with Crippen molar-refractivity contribution in [2.24, 2.45) is 5.92 Å². The predicted octanol–water partition coefficient (Wildman–Crippen LogP) is 3.24. The maximum atomic E-state index is 13.8. The van der Waals surface area contributed by atoms with E-state index in [-0.39, 0.29) is 30.7 Å². The number of anilines is 1. The quantitative estimate of drug-likeness (QED) is 0.528. The number of imide groups is 1. The van der Waals surface area contributed by atoms with Crippen molar-refractivity contribution in [1.82, 2.24) is 15.5 Å². The molecule has 1 saturated carbocycles. The third-order valence-electron chi connectivity index (χ3n) is 8.19. The fraction of sp³-hybridized carbons (Fsp3) is 0.464. The number of benzene rings is 2. The van der Waals surface area contributed by atoms with Gasteiger partial charge in [-0.15, -0.1) is 0 Å². The number of nitrogens with one attached hydrogen (secondary N) is 3. The van der Waals surface area contributed by atoms with Crippen molar-refractivity contribution in [2.45, 2.75) is 62.8 Å². The molecule has 2 saturated heterocycles. The molecule has 0 aromatic heterocycles. The van der Waals surface area contributed by atoms with Crippen LogP contribution in [0.25, 0.3) is 0 Å². The minimum Gasteiger partial charge on any atom is -0.427 e. The fourth-order valence-corrected chi connectivity index (χ4v) is 5.87. The van der Waals surface area contributed by atoms with E-state index in [1.807, 2.05) is 41.3 Å². The molecule has 3 amide bonds. The Labute approximate surface area is 210 Å². The third-order valence-corrected chi connectivity index (χ3v) is 8.19. The molecule has 8 nitrogen and oxygen atoms in total. The van der Waals surface area contributed by atoms with Gasteiger partial charge in [0.15, 0.2) is 0 Å². The number of carbonyl (C=O) groups is 3. The van der Waals surface area contributed by atoms with Gasteiger partial charge in [0.05, 0.1) is 6.04 Å². The molecule has 0 bridgehead atoms. The van der Waals surface area contributed by atoms with Crippen LogP contribution in [0, 0.1) is 5.92 Å². The summed E-state index contributed by atoms with van der Waals surface area (Å²) in [6.07, 6.45) is 2.11. The van der Waals surface area contributed by atoms with Crippen LogP contribution in [0.5, 0.6) is 0 Å². The van der Waals surface area contributed by atoms with Crippen LogP contribution in [-0.4, -0.2) is 48.0 Å². The summed E-state index contributed by atoms with van der Waals surface area (Å²) >= 11 is 0. The second-order valence-electron chi connectivity index (χ2n) is 10.7. The van der Waals surface area contributed by atoms with Crippen molar-refractivity contribution in [1.29, 1.82) is 0 Å². The van der Waals surface area contributed by atoms with Crippen molar-refractivity contribution in [3.63, 3.8) is 0 Å². The van der Waals surface area contributed by atoms with E-state index < -0.39 is 17.6 Å². The second-order valence-corrected chi connectivity index (χ2v) is 10.7. The average molecular weight is 489 g/mol. The molecular weight excluding hydrogens is 456 g/mol. The minimum atomic E-state index is -1.36. The maximum absolute atomic E-state index is 13.8. The molecule has 3 N–H and O–H groups in total. The summed E-state index contributed by atoms with van der Waals surface area (Å²) in [5, 5.41) is 9.07. The van der Waals surface area contributed by atoms with Gasteiger partial charge in [-0.25, -0.2) is 4.79 Å². The first kappa shape index (κ1) is 23.0.